The molecule has 0 radical (unpaired) electrons. The normalized spacial score (nSPS) is 10.9. The van der Waals surface area contributed by atoms with Crippen LogP contribution in [0.25, 0.3) is 18.2 Å². The minimum atomic E-state index is 0.878. The number of hydrogen-bond donors (Lipinski definition) is 3. The maximum atomic E-state index is 3.83. The fraction of sp³-hybridized carbons (Fsp3) is 0.273. The summed E-state index contributed by atoms with van der Waals surface area (Å²) in [6.45, 7) is 20.0. The minimum absolute atomic E-state index is 0.878. The third-order valence-corrected chi connectivity index (χ3v) is 6.45. The Morgan fingerprint density at radius 1 is 0.459 bits per heavy atom. The molecule has 0 aliphatic rings. The highest BCUT2D eigenvalue weighted by atomic mass is 15.2. The van der Waals surface area contributed by atoms with Gasteiger partial charge in [-0.2, -0.15) is 0 Å². The molecular formula is C33H42N4. The Kier molecular flexibility index (Phi) is 12.6. The maximum absolute atomic E-state index is 3.83. The summed E-state index contributed by atoms with van der Waals surface area (Å²) in [5, 5.41) is 10.8. The molecule has 3 aromatic rings. The Bertz CT molecular complexity index is 927. The summed E-state index contributed by atoms with van der Waals surface area (Å²) in [4.78, 5) is 2.52. The molecular weight excluding hydrogens is 452 g/mol. The molecule has 4 nitrogen and oxygen atoms in total. The molecule has 0 saturated carbocycles. The Balaban J connectivity index is 1.41. The standard InChI is InChI=1S/C33H42N4/c1-4-28-7-13-31(14-8-28)25-34-19-22-37(23-20-35-26-32-15-9-29(5-2)10-16-32)24-21-36-27-33-17-11-30(6-3)12-18-33/h4-18,34-36H,1-3,19-27H2. The number of nitrogens with one attached hydrogen (secondary N) is 3. The first-order valence-corrected chi connectivity index (χ1v) is 13.2. The van der Waals surface area contributed by atoms with Crippen molar-refractivity contribution in [3.05, 3.63) is 126 Å². The smallest absolute Gasteiger partial charge is 0.0206 e. The summed E-state index contributed by atoms with van der Waals surface area (Å²) in [7, 11) is 0. The van der Waals surface area contributed by atoms with E-state index in [1.165, 1.54) is 16.7 Å². The Hall–Kier alpha value is -3.28. The van der Waals surface area contributed by atoms with Crippen molar-refractivity contribution in [2.45, 2.75) is 19.6 Å². The monoisotopic (exact) mass is 494 g/mol. The summed E-state index contributed by atoms with van der Waals surface area (Å²) in [5.41, 5.74) is 7.36. The molecule has 0 saturated heterocycles. The Morgan fingerprint density at radius 3 is 0.973 bits per heavy atom. The van der Waals surface area contributed by atoms with E-state index in [-0.39, 0.29) is 0 Å². The summed E-state index contributed by atoms with van der Waals surface area (Å²) in [5.74, 6) is 0. The third-order valence-electron chi connectivity index (χ3n) is 6.45. The van der Waals surface area contributed by atoms with Crippen molar-refractivity contribution >= 4 is 18.2 Å². The van der Waals surface area contributed by atoms with Gasteiger partial charge in [-0.3, -0.25) is 4.90 Å². The second-order valence-corrected chi connectivity index (χ2v) is 9.21. The summed E-state index contributed by atoms with van der Waals surface area (Å²) in [6.07, 6.45) is 5.64. The maximum Gasteiger partial charge on any atom is 0.0206 e. The van der Waals surface area contributed by atoms with Crippen LogP contribution in [0.1, 0.15) is 33.4 Å². The van der Waals surface area contributed by atoms with Gasteiger partial charge in [0, 0.05) is 58.9 Å². The van der Waals surface area contributed by atoms with E-state index in [4.69, 9.17) is 0 Å². The molecule has 3 aromatic carbocycles. The molecule has 3 N–H and O–H groups in total. The molecule has 37 heavy (non-hydrogen) atoms. The van der Waals surface area contributed by atoms with Gasteiger partial charge in [0.05, 0.1) is 0 Å². The molecule has 0 spiro atoms. The zero-order valence-electron chi connectivity index (χ0n) is 22.1. The Labute approximate surface area is 223 Å². The molecule has 4 heteroatoms. The van der Waals surface area contributed by atoms with Crippen molar-refractivity contribution in [1.29, 1.82) is 0 Å². The van der Waals surface area contributed by atoms with Gasteiger partial charge in [0.15, 0.2) is 0 Å². The van der Waals surface area contributed by atoms with Crippen LogP contribution in [0, 0.1) is 0 Å². The lowest BCUT2D eigenvalue weighted by Gasteiger charge is -2.23. The second-order valence-electron chi connectivity index (χ2n) is 9.21. The van der Waals surface area contributed by atoms with E-state index in [0.717, 1.165) is 75.6 Å². The van der Waals surface area contributed by atoms with Gasteiger partial charge in [-0.25, -0.2) is 0 Å². The van der Waals surface area contributed by atoms with Crippen molar-refractivity contribution < 1.29 is 0 Å². The van der Waals surface area contributed by atoms with Crippen LogP contribution < -0.4 is 16.0 Å². The average Bonchev–Trinajstić information content (AvgIpc) is 2.96. The fourth-order valence-electron chi connectivity index (χ4n) is 4.06. The lowest BCUT2D eigenvalue weighted by molar-refractivity contribution is 0.271. The average molecular weight is 495 g/mol. The highest BCUT2D eigenvalue weighted by Crippen LogP contribution is 2.07. The number of rotatable bonds is 18. The SMILES string of the molecule is C=Cc1ccc(CNCCN(CCNCc2ccc(C=C)cc2)CCNCc2ccc(C=C)cc2)cc1. The van der Waals surface area contributed by atoms with Gasteiger partial charge in [0.1, 0.15) is 0 Å². The van der Waals surface area contributed by atoms with Crippen molar-refractivity contribution in [3.63, 3.8) is 0 Å². The number of benzene rings is 3. The van der Waals surface area contributed by atoms with Crippen molar-refractivity contribution in [3.8, 4) is 0 Å². The summed E-state index contributed by atoms with van der Waals surface area (Å²) >= 11 is 0. The van der Waals surface area contributed by atoms with E-state index in [2.05, 4.69) is 113 Å². The zero-order valence-corrected chi connectivity index (χ0v) is 22.1. The highest BCUT2D eigenvalue weighted by Gasteiger charge is 2.05. The van der Waals surface area contributed by atoms with Crippen LogP contribution in [0.4, 0.5) is 0 Å². The van der Waals surface area contributed by atoms with E-state index in [0.29, 0.717) is 0 Å². The first-order chi connectivity index (χ1) is 18.2. The predicted molar refractivity (Wildman–Crippen MR) is 161 cm³/mol. The largest absolute Gasteiger partial charge is 0.311 e. The molecule has 3 rings (SSSR count). The van der Waals surface area contributed by atoms with Crippen LogP contribution in [0.3, 0.4) is 0 Å². The van der Waals surface area contributed by atoms with E-state index >= 15 is 0 Å². The fourth-order valence-corrected chi connectivity index (χ4v) is 4.06. The van der Waals surface area contributed by atoms with Crippen LogP contribution in [-0.2, 0) is 19.6 Å². The first-order valence-electron chi connectivity index (χ1n) is 13.2. The second kappa shape index (κ2) is 16.5. The van der Waals surface area contributed by atoms with Crippen LogP contribution in [-0.4, -0.2) is 44.2 Å². The minimum Gasteiger partial charge on any atom is -0.311 e. The Morgan fingerprint density at radius 2 is 0.730 bits per heavy atom. The molecule has 0 aliphatic carbocycles. The molecule has 0 amide bonds. The lowest BCUT2D eigenvalue weighted by Crippen LogP contribution is -2.40. The van der Waals surface area contributed by atoms with Crippen LogP contribution >= 0.6 is 0 Å². The van der Waals surface area contributed by atoms with Crippen molar-refractivity contribution in [1.82, 2.24) is 20.9 Å². The van der Waals surface area contributed by atoms with Gasteiger partial charge in [-0.15, -0.1) is 0 Å². The lowest BCUT2D eigenvalue weighted by atomic mass is 10.1. The molecule has 0 bridgehead atoms. The van der Waals surface area contributed by atoms with Crippen molar-refractivity contribution in [2.75, 3.05) is 39.3 Å². The third kappa shape index (κ3) is 10.7. The van der Waals surface area contributed by atoms with E-state index in [1.807, 2.05) is 18.2 Å². The molecule has 0 atom stereocenters. The molecule has 0 aromatic heterocycles. The molecule has 0 heterocycles. The zero-order chi connectivity index (χ0) is 26.1. The molecule has 0 fully saturated rings. The van der Waals surface area contributed by atoms with Gasteiger partial charge >= 0.3 is 0 Å². The van der Waals surface area contributed by atoms with Crippen LogP contribution in [0.2, 0.25) is 0 Å². The van der Waals surface area contributed by atoms with Crippen LogP contribution in [0.15, 0.2) is 92.5 Å². The molecule has 194 valence electrons. The van der Waals surface area contributed by atoms with Crippen molar-refractivity contribution in [2.24, 2.45) is 0 Å². The molecule has 0 unspecified atom stereocenters. The molecule has 0 aliphatic heterocycles. The summed E-state index contributed by atoms with van der Waals surface area (Å²) in [6, 6.07) is 25.7. The van der Waals surface area contributed by atoms with Gasteiger partial charge in [0.25, 0.3) is 0 Å². The first kappa shape index (κ1) is 28.3. The topological polar surface area (TPSA) is 39.3 Å². The predicted octanol–water partition coefficient (Wildman–Crippen LogP) is 5.59. The summed E-state index contributed by atoms with van der Waals surface area (Å²) < 4.78 is 0. The van der Waals surface area contributed by atoms with Gasteiger partial charge in [-0.1, -0.05) is 111 Å². The van der Waals surface area contributed by atoms with Gasteiger partial charge in [-0.05, 0) is 33.4 Å². The quantitative estimate of drug-likeness (QED) is 0.202. The van der Waals surface area contributed by atoms with E-state index in [1.54, 1.807) is 0 Å². The van der Waals surface area contributed by atoms with E-state index in [9.17, 15) is 0 Å². The van der Waals surface area contributed by atoms with Crippen LogP contribution in [0.5, 0.6) is 0 Å². The van der Waals surface area contributed by atoms with E-state index < -0.39 is 0 Å². The van der Waals surface area contributed by atoms with Gasteiger partial charge < -0.3 is 16.0 Å². The number of nitrogens with zero attached hydrogens (tertiary/aromatic N) is 1. The highest BCUT2D eigenvalue weighted by molar-refractivity contribution is 5.48. The number of hydrogen-bond acceptors (Lipinski definition) is 4. The van der Waals surface area contributed by atoms with Gasteiger partial charge in [0.2, 0.25) is 0 Å².